The molecule has 26 heavy (non-hydrogen) atoms. The van der Waals surface area contributed by atoms with Gasteiger partial charge in [-0.2, -0.15) is 0 Å². The highest BCUT2D eigenvalue weighted by Crippen LogP contribution is 2.25. The van der Waals surface area contributed by atoms with Crippen molar-refractivity contribution >= 4 is 21.8 Å². The van der Waals surface area contributed by atoms with Gasteiger partial charge in [0.1, 0.15) is 18.2 Å². The van der Waals surface area contributed by atoms with Crippen molar-refractivity contribution < 1.29 is 4.74 Å². The predicted molar refractivity (Wildman–Crippen MR) is 108 cm³/mol. The summed E-state index contributed by atoms with van der Waals surface area (Å²) in [4.78, 5) is 4.84. The summed E-state index contributed by atoms with van der Waals surface area (Å²) in [5.41, 5.74) is 2.25. The summed E-state index contributed by atoms with van der Waals surface area (Å²) in [6.07, 6.45) is 0.975. The van der Waals surface area contributed by atoms with Gasteiger partial charge < -0.3 is 9.30 Å². The molecule has 0 aliphatic carbocycles. The average Bonchev–Trinajstić information content (AvgIpc) is 2.98. The van der Waals surface area contributed by atoms with Crippen molar-refractivity contribution in [3.8, 4) is 5.75 Å². The van der Waals surface area contributed by atoms with E-state index < -0.39 is 0 Å². The lowest BCUT2D eigenvalue weighted by molar-refractivity contribution is 0.301. The van der Waals surface area contributed by atoms with Gasteiger partial charge in [-0.3, -0.25) is 0 Å². The first-order valence-corrected chi connectivity index (χ1v) is 9.27. The summed E-state index contributed by atoms with van der Waals surface area (Å²) >= 11 is 0. The molecule has 0 bridgehead atoms. The minimum Gasteiger partial charge on any atom is -0.491 e. The minimum atomic E-state index is 0.574. The number of benzene rings is 3. The van der Waals surface area contributed by atoms with Crippen molar-refractivity contribution in [2.24, 2.45) is 5.92 Å². The molecule has 0 spiro atoms. The Morgan fingerprint density at radius 1 is 0.923 bits per heavy atom. The van der Waals surface area contributed by atoms with Gasteiger partial charge in [-0.25, -0.2) is 4.98 Å². The summed E-state index contributed by atoms with van der Waals surface area (Å²) in [7, 11) is 0. The van der Waals surface area contributed by atoms with Gasteiger partial charge in [0.15, 0.2) is 0 Å². The van der Waals surface area contributed by atoms with E-state index in [4.69, 9.17) is 9.72 Å². The van der Waals surface area contributed by atoms with Crippen molar-refractivity contribution in [2.45, 2.75) is 26.8 Å². The van der Waals surface area contributed by atoms with Crippen LogP contribution in [0.3, 0.4) is 0 Å². The average molecular weight is 344 g/mol. The van der Waals surface area contributed by atoms with Crippen LogP contribution in [0.2, 0.25) is 0 Å². The molecule has 3 aromatic carbocycles. The van der Waals surface area contributed by atoms with E-state index in [-0.39, 0.29) is 0 Å². The highest BCUT2D eigenvalue weighted by molar-refractivity contribution is 5.88. The van der Waals surface area contributed by atoms with Crippen LogP contribution in [-0.2, 0) is 13.0 Å². The maximum Gasteiger partial charge on any atom is 0.127 e. The number of rotatable bonds is 6. The van der Waals surface area contributed by atoms with E-state index in [1.54, 1.807) is 0 Å². The Kier molecular flexibility index (Phi) is 4.61. The minimum absolute atomic E-state index is 0.574. The highest BCUT2D eigenvalue weighted by Gasteiger charge is 2.12. The van der Waals surface area contributed by atoms with E-state index in [0.717, 1.165) is 35.4 Å². The number of imidazole rings is 1. The van der Waals surface area contributed by atoms with Gasteiger partial charge in [0, 0.05) is 11.8 Å². The van der Waals surface area contributed by atoms with Crippen molar-refractivity contribution in [2.75, 3.05) is 6.61 Å². The zero-order valence-corrected chi connectivity index (χ0v) is 15.4. The Morgan fingerprint density at radius 3 is 2.58 bits per heavy atom. The summed E-state index contributed by atoms with van der Waals surface area (Å²) in [6, 6.07) is 22.9. The number of para-hydroxylation sites is 2. The van der Waals surface area contributed by atoms with Crippen LogP contribution in [0.15, 0.2) is 66.7 Å². The zero-order valence-electron chi connectivity index (χ0n) is 15.4. The monoisotopic (exact) mass is 344 g/mol. The van der Waals surface area contributed by atoms with E-state index in [9.17, 15) is 0 Å². The first kappa shape index (κ1) is 16.6. The van der Waals surface area contributed by atoms with E-state index in [1.807, 2.05) is 12.1 Å². The van der Waals surface area contributed by atoms with Gasteiger partial charge in [0.25, 0.3) is 0 Å². The SMILES string of the molecule is CC(C)Cc1nc2ccccc2n1CCOc1cccc2ccccc12. The molecule has 3 nitrogen and oxygen atoms in total. The van der Waals surface area contributed by atoms with Gasteiger partial charge in [-0.1, -0.05) is 62.4 Å². The van der Waals surface area contributed by atoms with Crippen LogP contribution in [-0.4, -0.2) is 16.2 Å². The lowest BCUT2D eigenvalue weighted by Crippen LogP contribution is -2.12. The van der Waals surface area contributed by atoms with Crippen LogP contribution in [0.25, 0.3) is 21.8 Å². The largest absolute Gasteiger partial charge is 0.491 e. The molecule has 1 heterocycles. The molecule has 0 fully saturated rings. The molecule has 0 atom stereocenters. The molecular weight excluding hydrogens is 320 g/mol. The normalized spacial score (nSPS) is 11.5. The van der Waals surface area contributed by atoms with Crippen molar-refractivity contribution in [1.29, 1.82) is 0 Å². The fraction of sp³-hybridized carbons (Fsp3) is 0.261. The number of fused-ring (bicyclic) bond motifs is 2. The second kappa shape index (κ2) is 7.20. The lowest BCUT2D eigenvalue weighted by Gasteiger charge is -2.13. The molecular formula is C23H24N2O. The molecule has 0 aliphatic heterocycles. The molecule has 4 rings (SSSR count). The first-order valence-electron chi connectivity index (χ1n) is 9.27. The van der Waals surface area contributed by atoms with E-state index in [0.29, 0.717) is 12.5 Å². The lowest BCUT2D eigenvalue weighted by atomic mass is 10.1. The summed E-state index contributed by atoms with van der Waals surface area (Å²) < 4.78 is 8.46. The summed E-state index contributed by atoms with van der Waals surface area (Å²) in [5, 5.41) is 2.37. The van der Waals surface area contributed by atoms with E-state index >= 15 is 0 Å². The van der Waals surface area contributed by atoms with Crippen LogP contribution >= 0.6 is 0 Å². The van der Waals surface area contributed by atoms with Gasteiger partial charge in [0.05, 0.1) is 17.6 Å². The van der Waals surface area contributed by atoms with E-state index in [2.05, 4.69) is 73.0 Å². The van der Waals surface area contributed by atoms with Crippen molar-refractivity contribution in [1.82, 2.24) is 9.55 Å². The van der Waals surface area contributed by atoms with Gasteiger partial charge in [0.2, 0.25) is 0 Å². The molecule has 4 aromatic rings. The number of hydrogen-bond acceptors (Lipinski definition) is 2. The zero-order chi connectivity index (χ0) is 17.9. The molecule has 0 saturated heterocycles. The third kappa shape index (κ3) is 3.30. The second-order valence-electron chi connectivity index (χ2n) is 7.09. The van der Waals surface area contributed by atoms with Crippen LogP contribution in [0.5, 0.6) is 5.75 Å². The number of ether oxygens (including phenoxy) is 1. The van der Waals surface area contributed by atoms with Crippen molar-refractivity contribution in [3.63, 3.8) is 0 Å². The Balaban J connectivity index is 1.57. The Morgan fingerprint density at radius 2 is 1.69 bits per heavy atom. The summed E-state index contributed by atoms with van der Waals surface area (Å²) in [6.45, 7) is 5.89. The number of hydrogen-bond donors (Lipinski definition) is 0. The first-order chi connectivity index (χ1) is 12.7. The second-order valence-corrected chi connectivity index (χ2v) is 7.09. The smallest absolute Gasteiger partial charge is 0.127 e. The molecule has 1 aromatic heterocycles. The Labute approximate surface area is 154 Å². The van der Waals surface area contributed by atoms with E-state index in [1.165, 1.54) is 10.9 Å². The van der Waals surface area contributed by atoms with Crippen LogP contribution in [0, 0.1) is 5.92 Å². The quantitative estimate of drug-likeness (QED) is 0.464. The summed E-state index contributed by atoms with van der Waals surface area (Å²) in [5.74, 6) is 2.66. The Hall–Kier alpha value is -2.81. The molecule has 0 amide bonds. The topological polar surface area (TPSA) is 27.1 Å². The maximum absolute atomic E-state index is 6.15. The third-order valence-corrected chi connectivity index (χ3v) is 4.65. The molecule has 0 N–H and O–H groups in total. The molecule has 0 aliphatic rings. The predicted octanol–water partition coefficient (Wildman–Crippen LogP) is 5.47. The molecule has 3 heteroatoms. The third-order valence-electron chi connectivity index (χ3n) is 4.65. The van der Waals surface area contributed by atoms with Gasteiger partial charge >= 0.3 is 0 Å². The van der Waals surface area contributed by atoms with Crippen LogP contribution in [0.4, 0.5) is 0 Å². The molecule has 132 valence electrons. The fourth-order valence-corrected chi connectivity index (χ4v) is 3.46. The van der Waals surface area contributed by atoms with Gasteiger partial charge in [-0.15, -0.1) is 0 Å². The molecule has 0 radical (unpaired) electrons. The maximum atomic E-state index is 6.15. The van der Waals surface area contributed by atoms with Crippen LogP contribution < -0.4 is 4.74 Å². The van der Waals surface area contributed by atoms with Crippen molar-refractivity contribution in [3.05, 3.63) is 72.6 Å². The Bertz CT molecular complexity index is 1030. The fourth-order valence-electron chi connectivity index (χ4n) is 3.46. The van der Waals surface area contributed by atoms with Gasteiger partial charge in [-0.05, 0) is 29.5 Å². The number of nitrogens with zero attached hydrogens (tertiary/aromatic N) is 2. The molecule has 0 saturated carbocycles. The standard InChI is InChI=1S/C23H24N2O/c1-17(2)16-23-24-20-11-5-6-12-21(20)25(23)14-15-26-22-13-7-9-18-8-3-4-10-19(18)22/h3-13,17H,14-16H2,1-2H3. The number of aromatic nitrogens is 2. The molecule has 0 unspecified atom stereocenters. The van der Waals surface area contributed by atoms with Crippen LogP contribution in [0.1, 0.15) is 19.7 Å². The highest BCUT2D eigenvalue weighted by atomic mass is 16.5.